The summed E-state index contributed by atoms with van der Waals surface area (Å²) in [5.74, 6) is 0. The Morgan fingerprint density at radius 3 is 1.46 bits per heavy atom. The molecule has 1 saturated carbocycles. The molecule has 0 bridgehead atoms. The van der Waals surface area contributed by atoms with Gasteiger partial charge in [-0.3, -0.25) is 0 Å². The fourth-order valence-electron chi connectivity index (χ4n) is 10.7. The zero-order valence-corrected chi connectivity index (χ0v) is 32.7. The van der Waals surface area contributed by atoms with E-state index in [1.54, 1.807) is 0 Å². The normalized spacial score (nSPS) is 15.2. The minimum absolute atomic E-state index is 0.0744. The van der Waals surface area contributed by atoms with E-state index >= 15 is 0 Å². The summed E-state index contributed by atoms with van der Waals surface area (Å²) >= 11 is 0. The van der Waals surface area contributed by atoms with Crippen molar-refractivity contribution < 1.29 is 0 Å². The fourth-order valence-corrected chi connectivity index (χ4v) is 10.7. The van der Waals surface area contributed by atoms with Gasteiger partial charge in [-0.2, -0.15) is 0 Å². The molecule has 0 amide bonds. The third-order valence-corrected chi connectivity index (χ3v) is 13.4. The third-order valence-electron chi connectivity index (χ3n) is 13.4. The highest BCUT2D eigenvalue weighted by Gasteiger charge is 2.45. The minimum Gasteiger partial charge on any atom is -0.310 e. The molecule has 0 heterocycles. The van der Waals surface area contributed by atoms with Crippen molar-refractivity contribution in [1.29, 1.82) is 0 Å². The molecular weight excluding hydrogens is 687 g/mol. The molecule has 0 N–H and O–H groups in total. The molecule has 0 atom stereocenters. The smallest absolute Gasteiger partial charge is 0.0465 e. The summed E-state index contributed by atoms with van der Waals surface area (Å²) < 4.78 is 0. The molecule has 3 aliphatic carbocycles. The van der Waals surface area contributed by atoms with E-state index in [0.717, 1.165) is 11.4 Å². The molecule has 8 aromatic carbocycles. The summed E-state index contributed by atoms with van der Waals surface area (Å²) in [6.45, 7) is 4.75. The van der Waals surface area contributed by atoms with Gasteiger partial charge in [-0.1, -0.05) is 178 Å². The monoisotopic (exact) mass is 731 g/mol. The van der Waals surface area contributed by atoms with E-state index in [-0.39, 0.29) is 10.8 Å². The predicted molar refractivity (Wildman–Crippen MR) is 240 cm³/mol. The van der Waals surface area contributed by atoms with Gasteiger partial charge in [0, 0.05) is 27.9 Å². The van der Waals surface area contributed by atoms with Crippen molar-refractivity contribution in [2.75, 3.05) is 4.90 Å². The van der Waals surface area contributed by atoms with Crippen LogP contribution in [0, 0.1) is 0 Å². The largest absolute Gasteiger partial charge is 0.310 e. The first kappa shape index (κ1) is 33.9. The van der Waals surface area contributed by atoms with Crippen LogP contribution >= 0.6 is 0 Å². The Balaban J connectivity index is 1.00. The van der Waals surface area contributed by atoms with Crippen LogP contribution in [0.4, 0.5) is 17.1 Å². The number of hydrogen-bond acceptors (Lipinski definition) is 1. The molecule has 57 heavy (non-hydrogen) atoms. The highest BCUT2D eigenvalue weighted by molar-refractivity contribution is 5.90. The van der Waals surface area contributed by atoms with E-state index < -0.39 is 0 Å². The topological polar surface area (TPSA) is 3.24 Å². The van der Waals surface area contributed by atoms with Gasteiger partial charge in [0.25, 0.3) is 0 Å². The summed E-state index contributed by atoms with van der Waals surface area (Å²) in [6.07, 6.45) is 4.99. The van der Waals surface area contributed by atoms with E-state index in [0.29, 0.717) is 0 Å². The Bertz CT molecular complexity index is 2780. The van der Waals surface area contributed by atoms with E-state index in [1.165, 1.54) is 109 Å². The molecule has 3 aliphatic rings. The molecule has 1 fully saturated rings. The van der Waals surface area contributed by atoms with Gasteiger partial charge in [0.05, 0.1) is 0 Å². The van der Waals surface area contributed by atoms with Gasteiger partial charge in [0.15, 0.2) is 0 Å². The molecule has 8 aromatic rings. The maximum absolute atomic E-state index is 2.52. The van der Waals surface area contributed by atoms with Gasteiger partial charge in [-0.05, 0) is 127 Å². The van der Waals surface area contributed by atoms with Gasteiger partial charge in [0.1, 0.15) is 0 Å². The van der Waals surface area contributed by atoms with Crippen molar-refractivity contribution in [3.63, 3.8) is 0 Å². The first-order chi connectivity index (χ1) is 28.0. The van der Waals surface area contributed by atoms with Crippen molar-refractivity contribution in [2.24, 2.45) is 0 Å². The van der Waals surface area contributed by atoms with E-state index in [2.05, 4.69) is 207 Å². The molecule has 274 valence electrons. The summed E-state index contributed by atoms with van der Waals surface area (Å²) in [5.41, 5.74) is 22.4. The Hall–Kier alpha value is -6.44. The lowest BCUT2D eigenvalue weighted by Crippen LogP contribution is -2.21. The Kier molecular flexibility index (Phi) is 7.76. The molecule has 1 heteroatoms. The van der Waals surface area contributed by atoms with E-state index in [4.69, 9.17) is 0 Å². The second kappa shape index (κ2) is 13.1. The summed E-state index contributed by atoms with van der Waals surface area (Å²) in [4.78, 5) is 2.47. The summed E-state index contributed by atoms with van der Waals surface area (Å²) in [6, 6.07) is 70.2. The van der Waals surface area contributed by atoms with Gasteiger partial charge in [-0.25, -0.2) is 0 Å². The predicted octanol–water partition coefficient (Wildman–Crippen LogP) is 15.3. The Morgan fingerprint density at radius 2 is 0.807 bits per heavy atom. The van der Waals surface area contributed by atoms with Crippen LogP contribution in [-0.4, -0.2) is 0 Å². The van der Waals surface area contributed by atoms with Crippen LogP contribution in [0.3, 0.4) is 0 Å². The number of fused-ring (bicyclic) bond motifs is 8. The molecule has 0 radical (unpaired) electrons. The summed E-state index contributed by atoms with van der Waals surface area (Å²) in [7, 11) is 0. The van der Waals surface area contributed by atoms with E-state index in [9.17, 15) is 0 Å². The molecule has 0 unspecified atom stereocenters. The van der Waals surface area contributed by atoms with Crippen molar-refractivity contribution in [2.45, 2.75) is 50.4 Å². The molecule has 0 aliphatic heterocycles. The molecule has 0 saturated heterocycles. The van der Waals surface area contributed by atoms with E-state index in [1.807, 2.05) is 0 Å². The zero-order valence-electron chi connectivity index (χ0n) is 32.7. The SMILES string of the molecule is CC1(C)c2ccccc2-c2cccc(-c3ccc(N(c4ccc(-c5ccc(-c6ccccc6)cc5)cc4)c4ccc5c(c4)C4(CCCC4)c4ccccc4-5)cc3)c21. The number of anilines is 3. The standard InChI is InChI=1S/C56H45N/c1-55(2)51-19-8-6-16-48(51)50-18-12-17-46(54(50)55)42-27-31-44(32-28-42)57(43-29-25-41(26-30-43)40-23-21-39(22-24-40)38-13-4-3-5-14-38)45-33-34-49-47-15-7-9-20-52(47)56(53(49)37-45)35-10-11-36-56/h3-9,12-34,37H,10-11,35-36H2,1-2H3. The highest BCUT2D eigenvalue weighted by atomic mass is 15.1. The quantitative estimate of drug-likeness (QED) is 0.165. The molecule has 11 rings (SSSR count). The van der Waals surface area contributed by atoms with Crippen molar-refractivity contribution >= 4 is 17.1 Å². The lowest BCUT2D eigenvalue weighted by atomic mass is 9.76. The Morgan fingerprint density at radius 1 is 0.351 bits per heavy atom. The Labute approximate surface area is 336 Å². The number of nitrogens with zero attached hydrogens (tertiary/aromatic N) is 1. The first-order valence-electron chi connectivity index (χ1n) is 20.6. The maximum Gasteiger partial charge on any atom is 0.0465 e. The average Bonchev–Trinajstić information content (AvgIpc) is 3.94. The maximum atomic E-state index is 2.52. The van der Waals surface area contributed by atoms with Crippen LogP contribution in [0.2, 0.25) is 0 Å². The molecular formula is C56H45N. The molecule has 1 spiro atoms. The van der Waals surface area contributed by atoms with Gasteiger partial charge in [-0.15, -0.1) is 0 Å². The second-order valence-corrected chi connectivity index (χ2v) is 16.8. The van der Waals surface area contributed by atoms with Crippen LogP contribution in [0.15, 0.2) is 188 Å². The summed E-state index contributed by atoms with van der Waals surface area (Å²) in [5, 5.41) is 0. The fraction of sp³-hybridized carbons (Fsp3) is 0.143. The van der Waals surface area contributed by atoms with Crippen LogP contribution in [0.1, 0.15) is 61.8 Å². The molecule has 0 aromatic heterocycles. The van der Waals surface area contributed by atoms with Crippen molar-refractivity contribution in [3.05, 3.63) is 210 Å². The highest BCUT2D eigenvalue weighted by Crippen LogP contribution is 2.58. The van der Waals surface area contributed by atoms with Crippen LogP contribution in [-0.2, 0) is 10.8 Å². The van der Waals surface area contributed by atoms with Crippen molar-refractivity contribution in [1.82, 2.24) is 0 Å². The lowest BCUT2D eigenvalue weighted by Gasteiger charge is -2.30. The minimum atomic E-state index is -0.0744. The van der Waals surface area contributed by atoms with Crippen LogP contribution < -0.4 is 4.90 Å². The number of hydrogen-bond donors (Lipinski definition) is 0. The first-order valence-corrected chi connectivity index (χ1v) is 20.6. The van der Waals surface area contributed by atoms with Crippen LogP contribution in [0.5, 0.6) is 0 Å². The number of benzene rings is 8. The second-order valence-electron chi connectivity index (χ2n) is 16.8. The third kappa shape index (κ3) is 5.29. The average molecular weight is 732 g/mol. The lowest BCUT2D eigenvalue weighted by molar-refractivity contribution is 0.550. The van der Waals surface area contributed by atoms with Crippen LogP contribution in [0.25, 0.3) is 55.6 Å². The number of rotatable bonds is 6. The zero-order chi connectivity index (χ0) is 38.1. The van der Waals surface area contributed by atoms with Crippen molar-refractivity contribution in [3.8, 4) is 55.6 Å². The van der Waals surface area contributed by atoms with Gasteiger partial charge < -0.3 is 4.90 Å². The molecule has 1 nitrogen and oxygen atoms in total. The van der Waals surface area contributed by atoms with Gasteiger partial charge >= 0.3 is 0 Å². The van der Waals surface area contributed by atoms with Gasteiger partial charge in [0.2, 0.25) is 0 Å².